The van der Waals surface area contributed by atoms with Crippen LogP contribution in [0.2, 0.25) is 0 Å². The lowest BCUT2D eigenvalue weighted by molar-refractivity contribution is -0.117. The van der Waals surface area contributed by atoms with Gasteiger partial charge in [-0.25, -0.2) is 9.78 Å². The summed E-state index contributed by atoms with van der Waals surface area (Å²) < 4.78 is 6.68. The summed E-state index contributed by atoms with van der Waals surface area (Å²) >= 11 is 3.06. The Kier molecular flexibility index (Phi) is 6.87. The Morgan fingerprint density at radius 2 is 2.12 bits per heavy atom. The van der Waals surface area contributed by atoms with E-state index in [4.69, 9.17) is 4.74 Å². The van der Waals surface area contributed by atoms with E-state index in [9.17, 15) is 14.4 Å². The number of hydrogen-bond donors (Lipinski definition) is 2. The van der Waals surface area contributed by atoms with Gasteiger partial charge in [0.25, 0.3) is 0 Å². The molecule has 2 aromatic carbocycles. The summed E-state index contributed by atoms with van der Waals surface area (Å²) in [6.07, 6.45) is 1.24. The van der Waals surface area contributed by atoms with Gasteiger partial charge in [0, 0.05) is 30.0 Å². The van der Waals surface area contributed by atoms with Crippen LogP contribution in [0.15, 0.2) is 59.5 Å². The van der Waals surface area contributed by atoms with Crippen molar-refractivity contribution in [1.82, 2.24) is 10.3 Å². The number of Topliss-reactive ketones (excluding diaryl/α,β-unsaturated/α-hetero) is 1. The van der Waals surface area contributed by atoms with E-state index < -0.39 is 12.0 Å². The number of ether oxygens (including phenoxy) is 1. The number of nitrogens with one attached hydrogen (secondary N) is 2. The van der Waals surface area contributed by atoms with E-state index in [1.54, 1.807) is 6.07 Å². The molecule has 0 fully saturated rings. The molecule has 1 atom stereocenters. The van der Waals surface area contributed by atoms with Gasteiger partial charge in [-0.15, -0.1) is 11.3 Å². The summed E-state index contributed by atoms with van der Waals surface area (Å²) in [5.41, 5.74) is 2.94. The standard InChI is InChI=1S/C23H21N3O4S2/c1-2-10-30-22(29)24-9-11-31-23-26-18-8-7-14(12-20(18)32-23)25-21(28)17-13-19(27)16-6-4-3-5-15(16)17/h2-8,12,17H,1,9-11,13H2,(H,24,29)(H,25,28). The monoisotopic (exact) mass is 467 g/mol. The molecule has 0 aliphatic heterocycles. The second kappa shape index (κ2) is 9.97. The molecule has 7 nitrogen and oxygen atoms in total. The smallest absolute Gasteiger partial charge is 0.407 e. The van der Waals surface area contributed by atoms with E-state index >= 15 is 0 Å². The number of anilines is 1. The van der Waals surface area contributed by atoms with Crippen molar-refractivity contribution >= 4 is 56.8 Å². The largest absolute Gasteiger partial charge is 0.445 e. The lowest BCUT2D eigenvalue weighted by Crippen LogP contribution is -2.26. The predicted molar refractivity (Wildman–Crippen MR) is 127 cm³/mol. The van der Waals surface area contributed by atoms with Gasteiger partial charge >= 0.3 is 6.09 Å². The lowest BCUT2D eigenvalue weighted by Gasteiger charge is -2.11. The predicted octanol–water partition coefficient (Wildman–Crippen LogP) is 4.61. The number of hydrogen-bond acceptors (Lipinski definition) is 7. The highest BCUT2D eigenvalue weighted by molar-refractivity contribution is 8.01. The molecule has 1 aliphatic carbocycles. The number of fused-ring (bicyclic) bond motifs is 2. The molecular formula is C23H21N3O4S2. The van der Waals surface area contributed by atoms with Crippen molar-refractivity contribution in [1.29, 1.82) is 0 Å². The SMILES string of the molecule is C=CCOC(=O)NCCSc1nc2ccc(NC(=O)C3CC(=O)c4ccccc43)cc2s1. The molecule has 0 bridgehead atoms. The molecule has 0 spiro atoms. The average molecular weight is 468 g/mol. The molecule has 0 saturated heterocycles. The van der Waals surface area contributed by atoms with Crippen LogP contribution in [0.25, 0.3) is 10.2 Å². The first-order valence-electron chi connectivity index (χ1n) is 10.0. The van der Waals surface area contributed by atoms with E-state index in [2.05, 4.69) is 22.2 Å². The van der Waals surface area contributed by atoms with Gasteiger partial charge in [0.15, 0.2) is 10.1 Å². The highest BCUT2D eigenvalue weighted by atomic mass is 32.2. The van der Waals surface area contributed by atoms with Gasteiger partial charge < -0.3 is 15.4 Å². The van der Waals surface area contributed by atoms with E-state index in [0.29, 0.717) is 23.5 Å². The van der Waals surface area contributed by atoms with Gasteiger partial charge in [-0.1, -0.05) is 48.7 Å². The van der Waals surface area contributed by atoms with Gasteiger partial charge in [0.2, 0.25) is 5.91 Å². The third-order valence-electron chi connectivity index (χ3n) is 4.91. The summed E-state index contributed by atoms with van der Waals surface area (Å²) in [7, 11) is 0. The number of aromatic nitrogens is 1. The van der Waals surface area contributed by atoms with Crippen LogP contribution in [-0.2, 0) is 9.53 Å². The summed E-state index contributed by atoms with van der Waals surface area (Å²) in [6.45, 7) is 4.13. The quantitative estimate of drug-likeness (QED) is 0.285. The summed E-state index contributed by atoms with van der Waals surface area (Å²) in [5, 5.41) is 5.61. The highest BCUT2D eigenvalue weighted by Crippen LogP contribution is 2.35. The molecule has 0 radical (unpaired) electrons. The molecule has 3 aromatic rings. The van der Waals surface area contributed by atoms with Crippen LogP contribution in [-0.4, -0.2) is 41.7 Å². The molecular weight excluding hydrogens is 446 g/mol. The first-order valence-corrected chi connectivity index (χ1v) is 11.8. The van der Waals surface area contributed by atoms with Crippen molar-refractivity contribution in [3.05, 3.63) is 66.2 Å². The minimum Gasteiger partial charge on any atom is -0.445 e. The Labute approximate surface area is 193 Å². The summed E-state index contributed by atoms with van der Waals surface area (Å²) in [4.78, 5) is 41.0. The normalized spacial score (nSPS) is 14.8. The Bertz CT molecular complexity index is 1190. The number of carbonyl (C=O) groups excluding carboxylic acids is 3. The van der Waals surface area contributed by atoms with E-state index in [-0.39, 0.29) is 24.7 Å². The second-order valence-corrected chi connectivity index (χ2v) is 9.45. The molecule has 2 N–H and O–H groups in total. The molecule has 9 heteroatoms. The molecule has 2 amide bonds. The first-order chi connectivity index (χ1) is 15.5. The van der Waals surface area contributed by atoms with Crippen LogP contribution in [0.4, 0.5) is 10.5 Å². The van der Waals surface area contributed by atoms with Crippen molar-refractivity contribution in [2.24, 2.45) is 0 Å². The maximum atomic E-state index is 12.8. The molecule has 1 heterocycles. The molecule has 4 rings (SSSR count). The fraction of sp³-hybridized carbons (Fsp3) is 0.217. The molecule has 0 saturated carbocycles. The number of carbonyl (C=O) groups is 3. The average Bonchev–Trinajstić information content (AvgIpc) is 3.36. The number of thioether (sulfide) groups is 1. The molecule has 1 unspecified atom stereocenters. The number of ketones is 1. The van der Waals surface area contributed by atoms with Crippen LogP contribution in [0.1, 0.15) is 28.3 Å². The van der Waals surface area contributed by atoms with Crippen molar-refractivity contribution in [3.8, 4) is 0 Å². The highest BCUT2D eigenvalue weighted by Gasteiger charge is 2.33. The number of amides is 2. The Morgan fingerprint density at radius 1 is 1.28 bits per heavy atom. The molecule has 164 valence electrons. The maximum Gasteiger partial charge on any atom is 0.407 e. The third-order valence-corrected chi connectivity index (χ3v) is 7.07. The fourth-order valence-corrected chi connectivity index (χ4v) is 5.48. The van der Waals surface area contributed by atoms with Crippen molar-refractivity contribution in [2.45, 2.75) is 16.7 Å². The number of thiazole rings is 1. The van der Waals surface area contributed by atoms with Crippen LogP contribution in [0.5, 0.6) is 0 Å². The lowest BCUT2D eigenvalue weighted by atomic mass is 10.0. The Morgan fingerprint density at radius 3 is 2.97 bits per heavy atom. The number of rotatable bonds is 8. The van der Waals surface area contributed by atoms with Crippen molar-refractivity contribution in [3.63, 3.8) is 0 Å². The maximum absolute atomic E-state index is 12.8. The number of nitrogens with zero attached hydrogens (tertiary/aromatic N) is 1. The van der Waals surface area contributed by atoms with E-state index in [0.717, 1.165) is 20.1 Å². The fourth-order valence-electron chi connectivity index (χ4n) is 3.44. The van der Waals surface area contributed by atoms with Gasteiger partial charge in [0.1, 0.15) is 6.61 Å². The molecule has 32 heavy (non-hydrogen) atoms. The van der Waals surface area contributed by atoms with Crippen LogP contribution in [0, 0.1) is 0 Å². The molecule has 1 aliphatic rings. The van der Waals surface area contributed by atoms with Gasteiger partial charge in [-0.3, -0.25) is 9.59 Å². The van der Waals surface area contributed by atoms with Gasteiger partial charge in [-0.05, 0) is 23.8 Å². The minimum absolute atomic E-state index is 0.00350. The number of alkyl carbamates (subject to hydrolysis) is 1. The van der Waals surface area contributed by atoms with Crippen LogP contribution in [0.3, 0.4) is 0 Å². The zero-order valence-electron chi connectivity index (χ0n) is 17.1. The van der Waals surface area contributed by atoms with Gasteiger partial charge in [0.05, 0.1) is 16.1 Å². The zero-order chi connectivity index (χ0) is 22.5. The number of benzene rings is 2. The van der Waals surface area contributed by atoms with Gasteiger partial charge in [-0.2, -0.15) is 0 Å². The van der Waals surface area contributed by atoms with Crippen LogP contribution >= 0.6 is 23.1 Å². The van der Waals surface area contributed by atoms with Crippen molar-refractivity contribution < 1.29 is 19.1 Å². The molecule has 1 aromatic heterocycles. The third kappa shape index (κ3) is 5.00. The Balaban J connectivity index is 1.35. The topological polar surface area (TPSA) is 97.4 Å². The first kappa shape index (κ1) is 22.0. The van der Waals surface area contributed by atoms with Crippen molar-refractivity contribution in [2.75, 3.05) is 24.2 Å². The second-order valence-electron chi connectivity index (χ2n) is 7.08. The minimum atomic E-state index is -0.471. The van der Waals surface area contributed by atoms with E-state index in [1.807, 2.05) is 36.4 Å². The summed E-state index contributed by atoms with van der Waals surface area (Å²) in [6, 6.07) is 12.8. The Hall–Kier alpha value is -3.17. The zero-order valence-corrected chi connectivity index (χ0v) is 18.8. The summed E-state index contributed by atoms with van der Waals surface area (Å²) in [5.74, 6) is 0.00875. The van der Waals surface area contributed by atoms with E-state index in [1.165, 1.54) is 29.2 Å². The van der Waals surface area contributed by atoms with Crippen LogP contribution < -0.4 is 10.6 Å².